The Morgan fingerprint density at radius 1 is 1.00 bits per heavy atom. The molecule has 0 fully saturated rings. The summed E-state index contributed by atoms with van der Waals surface area (Å²) >= 11 is 5.93. The lowest BCUT2D eigenvalue weighted by molar-refractivity contribution is 0.112. The van der Waals surface area contributed by atoms with E-state index in [0.717, 1.165) is 17.4 Å². The van der Waals surface area contributed by atoms with E-state index in [1.165, 1.54) is 11.1 Å². The molecule has 0 spiro atoms. The molecule has 0 aliphatic carbocycles. The number of ether oxygens (including phenoxy) is 1. The average Bonchev–Trinajstić information content (AvgIpc) is 2.86. The fraction of sp³-hybridized carbons (Fsp3) is 0.133. The van der Waals surface area contributed by atoms with Crippen molar-refractivity contribution in [2.24, 2.45) is 0 Å². The van der Waals surface area contributed by atoms with Gasteiger partial charge in [-0.2, -0.15) is 0 Å². The summed E-state index contributed by atoms with van der Waals surface area (Å²) in [6, 6.07) is 11.7. The zero-order chi connectivity index (χ0) is 12.5. The maximum atomic E-state index is 10.9. The summed E-state index contributed by atoms with van der Waals surface area (Å²) in [6.07, 6.45) is 0.780. The minimum Gasteiger partial charge on any atom is -0.372 e. The lowest BCUT2D eigenvalue weighted by atomic mass is 9.99. The van der Waals surface area contributed by atoms with Crippen molar-refractivity contribution in [1.29, 1.82) is 0 Å². The molecule has 0 atom stereocenters. The van der Waals surface area contributed by atoms with Gasteiger partial charge >= 0.3 is 0 Å². The monoisotopic (exact) mass is 258 g/mol. The van der Waals surface area contributed by atoms with Crippen LogP contribution in [0.2, 0.25) is 5.02 Å². The van der Waals surface area contributed by atoms with Crippen LogP contribution in [0.15, 0.2) is 36.4 Å². The van der Waals surface area contributed by atoms with Crippen molar-refractivity contribution < 1.29 is 9.53 Å². The molecule has 2 nitrogen and oxygen atoms in total. The highest BCUT2D eigenvalue weighted by Gasteiger charge is 2.12. The molecule has 0 unspecified atom stereocenters. The van der Waals surface area contributed by atoms with Gasteiger partial charge in [-0.1, -0.05) is 29.8 Å². The van der Waals surface area contributed by atoms with E-state index in [0.29, 0.717) is 23.8 Å². The number of rotatable bonds is 2. The Bertz CT molecular complexity index is 620. The van der Waals surface area contributed by atoms with Gasteiger partial charge in [0.15, 0.2) is 6.29 Å². The quantitative estimate of drug-likeness (QED) is 0.765. The molecule has 1 aliphatic heterocycles. The van der Waals surface area contributed by atoms with Crippen LogP contribution in [-0.2, 0) is 18.0 Å². The van der Waals surface area contributed by atoms with Crippen LogP contribution in [0, 0.1) is 0 Å². The molecule has 0 saturated heterocycles. The van der Waals surface area contributed by atoms with E-state index in [2.05, 4.69) is 12.1 Å². The largest absolute Gasteiger partial charge is 0.372 e. The van der Waals surface area contributed by atoms with Gasteiger partial charge in [0.05, 0.1) is 18.2 Å². The van der Waals surface area contributed by atoms with Crippen molar-refractivity contribution in [1.82, 2.24) is 0 Å². The van der Waals surface area contributed by atoms with Crippen LogP contribution < -0.4 is 0 Å². The molecule has 1 heterocycles. The maximum Gasteiger partial charge on any atom is 0.151 e. The van der Waals surface area contributed by atoms with Crippen molar-refractivity contribution in [2.75, 3.05) is 0 Å². The first-order chi connectivity index (χ1) is 8.78. The average molecular weight is 259 g/mol. The van der Waals surface area contributed by atoms with Gasteiger partial charge in [0.2, 0.25) is 0 Å². The zero-order valence-corrected chi connectivity index (χ0v) is 10.4. The summed E-state index contributed by atoms with van der Waals surface area (Å²) in [5.41, 5.74) is 5.06. The van der Waals surface area contributed by atoms with Gasteiger partial charge < -0.3 is 4.74 Å². The lowest BCUT2D eigenvalue weighted by Crippen LogP contribution is -1.87. The minimum atomic E-state index is 0.484. The summed E-state index contributed by atoms with van der Waals surface area (Å²) in [5, 5.41) is 0.484. The number of halogens is 1. The first-order valence-corrected chi connectivity index (χ1v) is 6.10. The Hall–Kier alpha value is -1.64. The molecular formula is C15H11ClO2. The van der Waals surface area contributed by atoms with Gasteiger partial charge in [0.25, 0.3) is 0 Å². The third-order valence-electron chi connectivity index (χ3n) is 3.18. The second-order valence-corrected chi connectivity index (χ2v) is 4.74. The Balaban J connectivity index is 2.07. The molecule has 0 amide bonds. The first-order valence-electron chi connectivity index (χ1n) is 5.72. The standard InChI is InChI=1S/C15H11ClO2/c16-15-4-3-11(5-13(15)7-17)10-1-2-12-8-18-9-14(12)6-10/h1-7H,8-9H2. The summed E-state index contributed by atoms with van der Waals surface area (Å²) in [5.74, 6) is 0. The van der Waals surface area contributed by atoms with E-state index < -0.39 is 0 Å². The van der Waals surface area contributed by atoms with Crippen molar-refractivity contribution in [3.05, 3.63) is 58.1 Å². The normalized spacial score (nSPS) is 13.4. The number of hydrogen-bond acceptors (Lipinski definition) is 2. The second-order valence-electron chi connectivity index (χ2n) is 4.33. The van der Waals surface area contributed by atoms with Crippen LogP contribution >= 0.6 is 11.6 Å². The first kappa shape index (κ1) is 11.5. The van der Waals surface area contributed by atoms with Crippen LogP contribution in [0.25, 0.3) is 11.1 Å². The van der Waals surface area contributed by atoms with Crippen LogP contribution in [0.4, 0.5) is 0 Å². The highest BCUT2D eigenvalue weighted by Crippen LogP contribution is 2.28. The zero-order valence-electron chi connectivity index (χ0n) is 9.65. The number of hydrogen-bond donors (Lipinski definition) is 0. The number of carbonyl (C=O) groups is 1. The molecule has 2 aromatic carbocycles. The second kappa shape index (κ2) is 4.56. The number of aldehydes is 1. The minimum absolute atomic E-state index is 0.484. The number of carbonyl (C=O) groups excluding carboxylic acids is 1. The van der Waals surface area contributed by atoms with Gasteiger partial charge in [0.1, 0.15) is 0 Å². The van der Waals surface area contributed by atoms with Crippen LogP contribution in [0.1, 0.15) is 21.5 Å². The van der Waals surface area contributed by atoms with Crippen molar-refractivity contribution in [3.63, 3.8) is 0 Å². The topological polar surface area (TPSA) is 26.3 Å². The fourth-order valence-electron chi connectivity index (χ4n) is 2.17. The highest BCUT2D eigenvalue weighted by molar-refractivity contribution is 6.33. The number of fused-ring (bicyclic) bond motifs is 1. The van der Waals surface area contributed by atoms with E-state index in [9.17, 15) is 4.79 Å². The Morgan fingerprint density at radius 3 is 2.56 bits per heavy atom. The smallest absolute Gasteiger partial charge is 0.151 e. The summed E-state index contributed by atoms with van der Waals surface area (Å²) in [6.45, 7) is 1.35. The van der Waals surface area contributed by atoms with E-state index >= 15 is 0 Å². The van der Waals surface area contributed by atoms with Gasteiger partial charge in [-0.05, 0) is 40.5 Å². The van der Waals surface area contributed by atoms with Gasteiger partial charge in [-0.15, -0.1) is 0 Å². The predicted molar refractivity (Wildman–Crippen MR) is 70.8 cm³/mol. The Kier molecular flexibility index (Phi) is 2.90. The summed E-state index contributed by atoms with van der Waals surface area (Å²) < 4.78 is 5.39. The predicted octanol–water partition coefficient (Wildman–Crippen LogP) is 3.85. The summed E-state index contributed by atoms with van der Waals surface area (Å²) in [4.78, 5) is 10.9. The molecule has 0 aromatic heterocycles. The van der Waals surface area contributed by atoms with Crippen molar-refractivity contribution in [2.45, 2.75) is 13.2 Å². The van der Waals surface area contributed by atoms with E-state index in [-0.39, 0.29) is 0 Å². The van der Waals surface area contributed by atoms with E-state index in [4.69, 9.17) is 16.3 Å². The van der Waals surface area contributed by atoms with Crippen molar-refractivity contribution >= 4 is 17.9 Å². The van der Waals surface area contributed by atoms with Crippen LogP contribution in [0.5, 0.6) is 0 Å². The molecule has 0 bridgehead atoms. The fourth-order valence-corrected chi connectivity index (χ4v) is 2.33. The van der Waals surface area contributed by atoms with Gasteiger partial charge in [-0.25, -0.2) is 0 Å². The SMILES string of the molecule is O=Cc1cc(-c2ccc3c(c2)COC3)ccc1Cl. The molecule has 18 heavy (non-hydrogen) atoms. The maximum absolute atomic E-state index is 10.9. The Labute approximate surface area is 110 Å². The van der Waals surface area contributed by atoms with Gasteiger partial charge in [-0.3, -0.25) is 4.79 Å². The van der Waals surface area contributed by atoms with Crippen LogP contribution in [0.3, 0.4) is 0 Å². The lowest BCUT2D eigenvalue weighted by Gasteiger charge is -2.06. The Morgan fingerprint density at radius 2 is 1.72 bits per heavy atom. The number of benzene rings is 2. The highest BCUT2D eigenvalue weighted by atomic mass is 35.5. The molecular weight excluding hydrogens is 248 g/mol. The molecule has 3 heteroatoms. The summed E-state index contributed by atoms with van der Waals surface area (Å²) in [7, 11) is 0. The van der Waals surface area contributed by atoms with E-state index in [1.54, 1.807) is 6.07 Å². The molecule has 0 saturated carbocycles. The van der Waals surface area contributed by atoms with E-state index in [1.807, 2.05) is 18.2 Å². The molecule has 2 aromatic rings. The van der Waals surface area contributed by atoms with Crippen LogP contribution in [-0.4, -0.2) is 6.29 Å². The van der Waals surface area contributed by atoms with Gasteiger partial charge in [0, 0.05) is 5.56 Å². The molecule has 0 N–H and O–H groups in total. The molecule has 0 radical (unpaired) electrons. The third-order valence-corrected chi connectivity index (χ3v) is 3.52. The molecule has 1 aliphatic rings. The third kappa shape index (κ3) is 1.94. The van der Waals surface area contributed by atoms with Crippen molar-refractivity contribution in [3.8, 4) is 11.1 Å². The molecule has 90 valence electrons. The molecule has 3 rings (SSSR count).